The van der Waals surface area contributed by atoms with E-state index in [4.69, 9.17) is 9.47 Å². The second-order valence-electron chi connectivity index (χ2n) is 7.15. The largest absolute Gasteiger partial charge is 0.491 e. The third-order valence-corrected chi connectivity index (χ3v) is 3.97. The van der Waals surface area contributed by atoms with Crippen molar-refractivity contribution in [3.05, 3.63) is 29.3 Å². The first kappa shape index (κ1) is 16.3. The average Bonchev–Trinajstić information content (AvgIpc) is 2.85. The van der Waals surface area contributed by atoms with Gasteiger partial charge in [0.25, 0.3) is 0 Å². The summed E-state index contributed by atoms with van der Waals surface area (Å²) < 4.78 is 11.9. The Balaban J connectivity index is 1.74. The van der Waals surface area contributed by atoms with Crippen LogP contribution in [0.1, 0.15) is 44.7 Å². The van der Waals surface area contributed by atoms with Crippen LogP contribution in [0.2, 0.25) is 0 Å². The summed E-state index contributed by atoms with van der Waals surface area (Å²) in [6.45, 7) is 12.3. The standard InChI is InChI=1S/C18H29NO2/c1-13-6-7-15(10-14(13)2)20-12-17-9-8-16(21-17)11-19-18(3,4)5/h6-7,10,16-17,19H,8-9,11-12H2,1-5H3. The van der Waals surface area contributed by atoms with Gasteiger partial charge in [-0.25, -0.2) is 0 Å². The zero-order valence-corrected chi connectivity index (χ0v) is 14.0. The van der Waals surface area contributed by atoms with Crippen molar-refractivity contribution in [3.8, 4) is 5.75 Å². The summed E-state index contributed by atoms with van der Waals surface area (Å²) in [5.74, 6) is 0.943. The minimum Gasteiger partial charge on any atom is -0.491 e. The number of benzene rings is 1. The van der Waals surface area contributed by atoms with Crippen LogP contribution in [0.5, 0.6) is 5.75 Å². The van der Waals surface area contributed by atoms with Crippen LogP contribution in [0.4, 0.5) is 0 Å². The molecule has 1 saturated heterocycles. The molecule has 0 aliphatic carbocycles. The van der Waals surface area contributed by atoms with Crippen molar-refractivity contribution in [2.75, 3.05) is 13.2 Å². The first-order chi connectivity index (χ1) is 9.83. The molecule has 1 aromatic rings. The van der Waals surface area contributed by atoms with Crippen LogP contribution in [0.15, 0.2) is 18.2 Å². The van der Waals surface area contributed by atoms with Crippen LogP contribution in [0.25, 0.3) is 0 Å². The van der Waals surface area contributed by atoms with Crippen molar-refractivity contribution in [2.24, 2.45) is 0 Å². The van der Waals surface area contributed by atoms with E-state index in [1.807, 2.05) is 6.07 Å². The molecule has 21 heavy (non-hydrogen) atoms. The number of rotatable bonds is 5. The molecule has 1 aliphatic heterocycles. The lowest BCUT2D eigenvalue weighted by Gasteiger charge is -2.23. The second kappa shape index (κ2) is 6.80. The quantitative estimate of drug-likeness (QED) is 0.899. The zero-order valence-electron chi connectivity index (χ0n) is 14.0. The topological polar surface area (TPSA) is 30.5 Å². The lowest BCUT2D eigenvalue weighted by Crippen LogP contribution is -2.41. The Morgan fingerprint density at radius 1 is 1.14 bits per heavy atom. The molecular formula is C18H29NO2. The normalized spacial score (nSPS) is 22.5. The van der Waals surface area contributed by atoms with E-state index in [1.165, 1.54) is 11.1 Å². The van der Waals surface area contributed by atoms with E-state index in [0.717, 1.165) is 25.1 Å². The van der Waals surface area contributed by atoms with Crippen molar-refractivity contribution in [1.29, 1.82) is 0 Å². The number of hydrogen-bond donors (Lipinski definition) is 1. The van der Waals surface area contributed by atoms with Crippen molar-refractivity contribution in [1.82, 2.24) is 5.32 Å². The molecule has 0 aromatic heterocycles. The summed E-state index contributed by atoms with van der Waals surface area (Å²) in [6.07, 6.45) is 2.74. The van der Waals surface area contributed by atoms with Crippen LogP contribution in [0.3, 0.4) is 0 Å². The molecule has 1 heterocycles. The van der Waals surface area contributed by atoms with E-state index in [1.54, 1.807) is 0 Å². The molecule has 2 unspecified atom stereocenters. The fourth-order valence-corrected chi connectivity index (χ4v) is 2.47. The predicted octanol–water partition coefficient (Wildman–Crippen LogP) is 3.62. The molecular weight excluding hydrogens is 262 g/mol. The molecule has 0 radical (unpaired) electrons. The summed E-state index contributed by atoms with van der Waals surface area (Å²) in [6, 6.07) is 6.25. The Bertz CT molecular complexity index is 465. The van der Waals surface area contributed by atoms with E-state index >= 15 is 0 Å². The monoisotopic (exact) mass is 291 g/mol. The Hall–Kier alpha value is -1.06. The van der Waals surface area contributed by atoms with Crippen LogP contribution < -0.4 is 10.1 Å². The van der Waals surface area contributed by atoms with Gasteiger partial charge in [0.1, 0.15) is 12.4 Å². The van der Waals surface area contributed by atoms with E-state index in [2.05, 4.69) is 52.1 Å². The summed E-state index contributed by atoms with van der Waals surface area (Å²) in [7, 11) is 0. The van der Waals surface area contributed by atoms with Crippen LogP contribution in [-0.4, -0.2) is 30.9 Å². The van der Waals surface area contributed by atoms with Gasteiger partial charge in [0.15, 0.2) is 0 Å². The van der Waals surface area contributed by atoms with E-state index in [0.29, 0.717) is 12.7 Å². The maximum absolute atomic E-state index is 6.05. The molecule has 2 atom stereocenters. The summed E-state index contributed by atoms with van der Waals surface area (Å²) in [5.41, 5.74) is 2.72. The van der Waals surface area contributed by atoms with Crippen molar-refractivity contribution < 1.29 is 9.47 Å². The number of hydrogen-bond acceptors (Lipinski definition) is 3. The lowest BCUT2D eigenvalue weighted by molar-refractivity contribution is 0.0162. The molecule has 3 nitrogen and oxygen atoms in total. The summed E-state index contributed by atoms with van der Waals surface area (Å²) >= 11 is 0. The summed E-state index contributed by atoms with van der Waals surface area (Å²) in [4.78, 5) is 0. The Morgan fingerprint density at radius 2 is 1.86 bits per heavy atom. The predicted molar refractivity (Wildman–Crippen MR) is 87.1 cm³/mol. The Morgan fingerprint density at radius 3 is 2.52 bits per heavy atom. The molecule has 1 aliphatic rings. The average molecular weight is 291 g/mol. The fourth-order valence-electron chi connectivity index (χ4n) is 2.47. The van der Waals surface area contributed by atoms with Gasteiger partial charge in [-0.3, -0.25) is 0 Å². The van der Waals surface area contributed by atoms with Gasteiger partial charge in [-0.2, -0.15) is 0 Å². The minimum absolute atomic E-state index is 0.150. The first-order valence-corrected chi connectivity index (χ1v) is 7.94. The zero-order chi connectivity index (χ0) is 15.5. The minimum atomic E-state index is 0.150. The SMILES string of the molecule is Cc1ccc(OCC2CCC(CNC(C)(C)C)O2)cc1C. The molecule has 0 bridgehead atoms. The van der Waals surface area contributed by atoms with Gasteiger partial charge in [-0.1, -0.05) is 6.07 Å². The van der Waals surface area contributed by atoms with Gasteiger partial charge >= 0.3 is 0 Å². The number of aryl methyl sites for hydroxylation is 2. The molecule has 1 fully saturated rings. The highest BCUT2D eigenvalue weighted by Crippen LogP contribution is 2.22. The van der Waals surface area contributed by atoms with E-state index in [-0.39, 0.29) is 11.6 Å². The molecule has 1 aromatic carbocycles. The third kappa shape index (κ3) is 5.33. The summed E-state index contributed by atoms with van der Waals surface area (Å²) in [5, 5.41) is 3.51. The first-order valence-electron chi connectivity index (χ1n) is 7.94. The van der Waals surface area contributed by atoms with Gasteiger partial charge in [0.2, 0.25) is 0 Å². The van der Waals surface area contributed by atoms with E-state index < -0.39 is 0 Å². The maximum atomic E-state index is 6.05. The van der Waals surface area contributed by atoms with Gasteiger partial charge < -0.3 is 14.8 Å². The molecule has 2 rings (SSSR count). The Kier molecular flexibility index (Phi) is 5.28. The van der Waals surface area contributed by atoms with Crippen LogP contribution in [0, 0.1) is 13.8 Å². The molecule has 0 saturated carbocycles. The molecule has 0 amide bonds. The molecule has 3 heteroatoms. The second-order valence-corrected chi connectivity index (χ2v) is 7.15. The smallest absolute Gasteiger partial charge is 0.119 e. The lowest BCUT2D eigenvalue weighted by atomic mass is 10.1. The highest BCUT2D eigenvalue weighted by molar-refractivity contribution is 5.33. The van der Waals surface area contributed by atoms with Crippen molar-refractivity contribution >= 4 is 0 Å². The Labute approximate surface area is 129 Å². The van der Waals surface area contributed by atoms with Gasteiger partial charge in [0.05, 0.1) is 12.2 Å². The van der Waals surface area contributed by atoms with Crippen LogP contribution in [-0.2, 0) is 4.74 Å². The van der Waals surface area contributed by atoms with E-state index in [9.17, 15) is 0 Å². The molecule has 0 spiro atoms. The van der Waals surface area contributed by atoms with Crippen LogP contribution >= 0.6 is 0 Å². The van der Waals surface area contributed by atoms with Gasteiger partial charge in [-0.05, 0) is 70.7 Å². The van der Waals surface area contributed by atoms with Crippen molar-refractivity contribution in [3.63, 3.8) is 0 Å². The molecule has 1 N–H and O–H groups in total. The van der Waals surface area contributed by atoms with Gasteiger partial charge in [-0.15, -0.1) is 0 Å². The van der Waals surface area contributed by atoms with Gasteiger partial charge in [0, 0.05) is 12.1 Å². The highest BCUT2D eigenvalue weighted by Gasteiger charge is 2.26. The van der Waals surface area contributed by atoms with Crippen molar-refractivity contribution in [2.45, 2.75) is 65.2 Å². The number of ether oxygens (including phenoxy) is 2. The highest BCUT2D eigenvalue weighted by atomic mass is 16.5. The fraction of sp³-hybridized carbons (Fsp3) is 0.667. The maximum Gasteiger partial charge on any atom is 0.119 e. The number of nitrogens with one attached hydrogen (secondary N) is 1. The third-order valence-electron chi connectivity index (χ3n) is 3.97. The molecule has 118 valence electrons.